The first kappa shape index (κ1) is 18.8. The number of nitrogens with one attached hydrogen (secondary N) is 2. The van der Waals surface area contributed by atoms with Gasteiger partial charge in [-0.25, -0.2) is 5.43 Å². The van der Waals surface area contributed by atoms with Crippen molar-refractivity contribution in [3.63, 3.8) is 0 Å². The Bertz CT molecular complexity index is 803. The first-order valence-corrected chi connectivity index (χ1v) is 7.58. The number of anilines is 1. The Balaban J connectivity index is 1.96. The van der Waals surface area contributed by atoms with Gasteiger partial charge in [-0.05, 0) is 42.5 Å². The summed E-state index contributed by atoms with van der Waals surface area (Å²) in [5.74, 6) is 0.0513. The zero-order chi connectivity index (χ0) is 18.9. The summed E-state index contributed by atoms with van der Waals surface area (Å²) in [5.41, 5.74) is 3.21. The normalized spacial score (nSPS) is 10.3. The maximum absolute atomic E-state index is 11.9. The van der Waals surface area contributed by atoms with Crippen molar-refractivity contribution in [1.29, 1.82) is 0 Å². The summed E-state index contributed by atoms with van der Waals surface area (Å²) in [6.45, 7) is 0. The lowest BCUT2D eigenvalue weighted by Crippen LogP contribution is -2.32. The molecule has 2 aromatic rings. The maximum Gasteiger partial charge on any atom is 0.329 e. The highest BCUT2D eigenvalue weighted by Gasteiger charge is 2.13. The smallest absolute Gasteiger partial charge is 0.329 e. The van der Waals surface area contributed by atoms with Crippen LogP contribution in [0, 0.1) is 0 Å². The van der Waals surface area contributed by atoms with E-state index in [0.717, 1.165) is 0 Å². The number of methoxy groups -OCH3 is 3. The van der Waals surface area contributed by atoms with E-state index in [2.05, 4.69) is 15.8 Å². The van der Waals surface area contributed by atoms with Crippen molar-refractivity contribution in [2.75, 3.05) is 26.6 Å². The highest BCUT2D eigenvalue weighted by molar-refractivity contribution is 6.39. The van der Waals surface area contributed by atoms with E-state index in [1.165, 1.54) is 27.5 Å². The number of ether oxygens (including phenoxy) is 3. The molecule has 0 aliphatic rings. The molecule has 0 spiro atoms. The molecular formula is C18H19N3O5. The Hall–Kier alpha value is -3.55. The average Bonchev–Trinajstić information content (AvgIpc) is 2.68. The number of hydrazone groups is 1. The van der Waals surface area contributed by atoms with Crippen LogP contribution in [0.4, 0.5) is 5.69 Å². The van der Waals surface area contributed by atoms with Crippen LogP contribution in [0.2, 0.25) is 0 Å². The Morgan fingerprint density at radius 2 is 1.54 bits per heavy atom. The van der Waals surface area contributed by atoms with Gasteiger partial charge in [0.05, 0.1) is 27.5 Å². The van der Waals surface area contributed by atoms with Crippen LogP contribution in [0.5, 0.6) is 17.2 Å². The number of carbonyl (C=O) groups excluding carboxylic acids is 2. The van der Waals surface area contributed by atoms with Crippen molar-refractivity contribution in [1.82, 2.24) is 5.43 Å². The highest BCUT2D eigenvalue weighted by Crippen LogP contribution is 2.22. The predicted molar refractivity (Wildman–Crippen MR) is 96.9 cm³/mol. The third kappa shape index (κ3) is 4.97. The van der Waals surface area contributed by atoms with Gasteiger partial charge < -0.3 is 19.5 Å². The summed E-state index contributed by atoms with van der Waals surface area (Å²) < 4.78 is 15.3. The minimum atomic E-state index is -0.904. The molecule has 0 radical (unpaired) electrons. The molecule has 0 fully saturated rings. The molecule has 0 aliphatic heterocycles. The second-order valence-electron chi connectivity index (χ2n) is 4.99. The molecule has 0 saturated heterocycles. The van der Waals surface area contributed by atoms with Gasteiger partial charge in [0.15, 0.2) is 0 Å². The van der Waals surface area contributed by atoms with E-state index in [0.29, 0.717) is 28.5 Å². The van der Waals surface area contributed by atoms with E-state index >= 15 is 0 Å². The van der Waals surface area contributed by atoms with Crippen LogP contribution in [0.15, 0.2) is 47.6 Å². The molecule has 0 bridgehead atoms. The Morgan fingerprint density at radius 1 is 0.885 bits per heavy atom. The van der Waals surface area contributed by atoms with Gasteiger partial charge in [0, 0.05) is 11.3 Å². The van der Waals surface area contributed by atoms with Crippen molar-refractivity contribution in [2.45, 2.75) is 0 Å². The Morgan fingerprint density at radius 3 is 2.15 bits per heavy atom. The van der Waals surface area contributed by atoms with Gasteiger partial charge in [-0.15, -0.1) is 0 Å². The molecule has 0 atom stereocenters. The molecule has 0 aliphatic carbocycles. The first-order chi connectivity index (χ1) is 12.6. The summed E-state index contributed by atoms with van der Waals surface area (Å²) in [7, 11) is 4.59. The van der Waals surface area contributed by atoms with E-state index in [1.54, 1.807) is 42.5 Å². The van der Waals surface area contributed by atoms with Crippen molar-refractivity contribution in [3.05, 3.63) is 48.0 Å². The predicted octanol–water partition coefficient (Wildman–Crippen LogP) is 1.80. The van der Waals surface area contributed by atoms with Crippen LogP contribution in [-0.2, 0) is 9.59 Å². The number of rotatable bonds is 6. The molecule has 0 unspecified atom stereocenters. The van der Waals surface area contributed by atoms with Gasteiger partial charge in [0.25, 0.3) is 0 Å². The van der Waals surface area contributed by atoms with Gasteiger partial charge in [-0.3, -0.25) is 9.59 Å². The molecule has 8 heteroatoms. The van der Waals surface area contributed by atoms with Crippen molar-refractivity contribution in [3.8, 4) is 17.2 Å². The lowest BCUT2D eigenvalue weighted by Gasteiger charge is -2.07. The minimum absolute atomic E-state index is 0.462. The fraction of sp³-hybridized carbons (Fsp3) is 0.167. The topological polar surface area (TPSA) is 98.2 Å². The van der Waals surface area contributed by atoms with E-state index in [4.69, 9.17) is 14.2 Å². The second kappa shape index (κ2) is 9.07. The zero-order valence-corrected chi connectivity index (χ0v) is 14.6. The minimum Gasteiger partial charge on any atom is -0.497 e. The van der Waals surface area contributed by atoms with Gasteiger partial charge in [-0.1, -0.05) is 0 Å². The van der Waals surface area contributed by atoms with Crippen LogP contribution in [0.25, 0.3) is 0 Å². The first-order valence-electron chi connectivity index (χ1n) is 7.58. The van der Waals surface area contributed by atoms with Gasteiger partial charge in [0.2, 0.25) is 0 Å². The molecule has 136 valence electrons. The number of benzene rings is 2. The molecule has 2 aromatic carbocycles. The van der Waals surface area contributed by atoms with Gasteiger partial charge in [0.1, 0.15) is 17.2 Å². The number of hydrogen-bond acceptors (Lipinski definition) is 6. The number of hydrogen-bond donors (Lipinski definition) is 2. The zero-order valence-electron chi connectivity index (χ0n) is 14.6. The monoisotopic (exact) mass is 357 g/mol. The maximum atomic E-state index is 11.9. The van der Waals surface area contributed by atoms with Crippen molar-refractivity contribution >= 4 is 23.7 Å². The lowest BCUT2D eigenvalue weighted by molar-refractivity contribution is -0.136. The van der Waals surface area contributed by atoms with E-state index in [1.807, 2.05) is 0 Å². The quantitative estimate of drug-likeness (QED) is 0.467. The molecule has 2 N–H and O–H groups in total. The lowest BCUT2D eigenvalue weighted by atomic mass is 10.2. The molecule has 26 heavy (non-hydrogen) atoms. The molecule has 0 aromatic heterocycles. The fourth-order valence-corrected chi connectivity index (χ4v) is 2.01. The Kier molecular flexibility index (Phi) is 6.55. The third-order valence-corrected chi connectivity index (χ3v) is 3.36. The number of carbonyl (C=O) groups is 2. The summed E-state index contributed by atoms with van der Waals surface area (Å²) in [5, 5.41) is 6.23. The molecule has 0 heterocycles. The molecule has 2 rings (SSSR count). The summed E-state index contributed by atoms with van der Waals surface area (Å²) >= 11 is 0. The SMILES string of the molecule is COc1ccc(NC(=O)C(=O)N/N=C/c2cc(OC)ccc2OC)cc1. The third-order valence-electron chi connectivity index (χ3n) is 3.36. The Labute approximate surface area is 150 Å². The van der Waals surface area contributed by atoms with E-state index < -0.39 is 11.8 Å². The van der Waals surface area contributed by atoms with Gasteiger partial charge in [-0.2, -0.15) is 5.10 Å². The molecular weight excluding hydrogens is 338 g/mol. The molecule has 8 nitrogen and oxygen atoms in total. The molecule has 0 saturated carbocycles. The fourth-order valence-electron chi connectivity index (χ4n) is 2.01. The van der Waals surface area contributed by atoms with Crippen molar-refractivity contribution in [2.24, 2.45) is 5.10 Å². The van der Waals surface area contributed by atoms with Crippen LogP contribution < -0.4 is 25.0 Å². The van der Waals surface area contributed by atoms with Crippen LogP contribution in [0.3, 0.4) is 0 Å². The molecule has 2 amide bonds. The average molecular weight is 357 g/mol. The van der Waals surface area contributed by atoms with Crippen molar-refractivity contribution < 1.29 is 23.8 Å². The van der Waals surface area contributed by atoms with Gasteiger partial charge >= 0.3 is 11.8 Å². The van der Waals surface area contributed by atoms with Crippen LogP contribution in [0.1, 0.15) is 5.56 Å². The summed E-state index contributed by atoms with van der Waals surface area (Å²) in [4.78, 5) is 23.7. The largest absolute Gasteiger partial charge is 0.497 e. The second-order valence-corrected chi connectivity index (χ2v) is 4.99. The summed E-state index contributed by atoms with van der Waals surface area (Å²) in [6, 6.07) is 11.7. The van der Waals surface area contributed by atoms with Crippen LogP contribution >= 0.6 is 0 Å². The number of nitrogens with zero attached hydrogens (tertiary/aromatic N) is 1. The van der Waals surface area contributed by atoms with E-state index in [-0.39, 0.29) is 0 Å². The van der Waals surface area contributed by atoms with E-state index in [9.17, 15) is 9.59 Å². The standard InChI is InChI=1S/C18H19N3O5/c1-24-14-6-4-13(5-7-14)20-17(22)18(23)21-19-11-12-10-15(25-2)8-9-16(12)26-3/h4-11H,1-3H3,(H,20,22)(H,21,23)/b19-11+. The van der Waals surface area contributed by atoms with Crippen LogP contribution in [-0.4, -0.2) is 39.4 Å². The summed E-state index contributed by atoms with van der Waals surface area (Å²) in [6.07, 6.45) is 1.36. The number of amides is 2. The highest BCUT2D eigenvalue weighted by atomic mass is 16.5.